The molecule has 7 nitrogen and oxygen atoms in total. The number of sulfonamides is 1. The van der Waals surface area contributed by atoms with Gasteiger partial charge in [-0.2, -0.15) is 4.31 Å². The molecule has 0 radical (unpaired) electrons. The van der Waals surface area contributed by atoms with Gasteiger partial charge in [-0.05, 0) is 55.7 Å². The quantitative estimate of drug-likeness (QED) is 0.652. The molecule has 10 heteroatoms. The topological polar surface area (TPSA) is 101 Å². The molecule has 1 atom stereocenters. The molecule has 1 heterocycles. The van der Waals surface area contributed by atoms with Crippen LogP contribution >= 0.6 is 11.6 Å². The molecule has 0 spiro atoms. The van der Waals surface area contributed by atoms with E-state index in [1.165, 1.54) is 34.6 Å². The van der Waals surface area contributed by atoms with Crippen molar-refractivity contribution in [3.8, 4) is 0 Å². The lowest BCUT2D eigenvalue weighted by molar-refractivity contribution is 0.0939. The van der Waals surface area contributed by atoms with Crippen molar-refractivity contribution in [2.24, 2.45) is 0 Å². The van der Waals surface area contributed by atoms with Crippen LogP contribution in [0.1, 0.15) is 54.6 Å². The van der Waals surface area contributed by atoms with Gasteiger partial charge in [0.1, 0.15) is 0 Å². The Balaban J connectivity index is 1.81. The number of carbonyl (C=O) groups excluding carboxylic acids is 1. The van der Waals surface area contributed by atoms with Gasteiger partial charge in [-0.1, -0.05) is 36.6 Å². The van der Waals surface area contributed by atoms with Crippen LogP contribution in [0.3, 0.4) is 0 Å². The average Bonchev–Trinajstić information content (AvgIpc) is 3.03. The maximum atomic E-state index is 13.1. The summed E-state index contributed by atoms with van der Waals surface area (Å²) in [5.74, 6) is -0.511. The molecule has 0 aromatic heterocycles. The van der Waals surface area contributed by atoms with Crippen molar-refractivity contribution in [2.75, 3.05) is 19.3 Å². The van der Waals surface area contributed by atoms with Gasteiger partial charge in [0.05, 0.1) is 26.4 Å². The van der Waals surface area contributed by atoms with Crippen molar-refractivity contribution >= 4 is 37.4 Å². The van der Waals surface area contributed by atoms with Crippen molar-refractivity contribution in [2.45, 2.75) is 48.4 Å². The van der Waals surface area contributed by atoms with Gasteiger partial charge in [0.2, 0.25) is 10.0 Å². The minimum absolute atomic E-state index is 0.0408. The second-order valence-electron chi connectivity index (χ2n) is 8.00. The summed E-state index contributed by atoms with van der Waals surface area (Å²) in [5, 5.41) is 2.95. The van der Waals surface area contributed by atoms with E-state index in [9.17, 15) is 21.6 Å². The molecule has 2 aromatic carbocycles. The Morgan fingerprint density at radius 3 is 2.06 bits per heavy atom. The standard InChI is InChI=1S/C22H27ClN2O5S2/c1-16(17-7-9-18(10-8-17)31(2,27)28)24-22(26)20-15-19(11-12-21(20)23)32(29,30)25-13-5-3-4-6-14-25/h7-12,15-16H,3-6,13-14H2,1-2H3,(H,24,26)/t16-/m0/s1. The number of hydrogen-bond acceptors (Lipinski definition) is 5. The van der Waals surface area contributed by atoms with Gasteiger partial charge in [0.15, 0.2) is 9.84 Å². The fourth-order valence-electron chi connectivity index (χ4n) is 3.63. The van der Waals surface area contributed by atoms with Crippen LogP contribution in [0.25, 0.3) is 0 Å². The predicted octanol–water partition coefficient (Wildman–Crippen LogP) is 3.80. The first-order chi connectivity index (χ1) is 15.0. The maximum Gasteiger partial charge on any atom is 0.253 e. The normalized spacial score (nSPS) is 16.8. The SMILES string of the molecule is C[C@H](NC(=O)c1cc(S(=O)(=O)N2CCCCCC2)ccc1Cl)c1ccc(S(C)(=O)=O)cc1. The smallest absolute Gasteiger partial charge is 0.253 e. The molecule has 0 saturated carbocycles. The second-order valence-corrected chi connectivity index (χ2v) is 12.4. The van der Waals surface area contributed by atoms with Crippen molar-refractivity contribution in [1.82, 2.24) is 9.62 Å². The number of amides is 1. The number of nitrogens with one attached hydrogen (secondary N) is 1. The Bertz CT molecular complexity index is 1190. The van der Waals surface area contributed by atoms with Crippen LogP contribution in [0.2, 0.25) is 5.02 Å². The van der Waals surface area contributed by atoms with Gasteiger partial charge in [-0.3, -0.25) is 4.79 Å². The molecule has 1 saturated heterocycles. The molecule has 1 amide bonds. The van der Waals surface area contributed by atoms with E-state index in [-0.39, 0.29) is 20.4 Å². The third kappa shape index (κ3) is 5.70. The molecule has 1 N–H and O–H groups in total. The van der Waals surface area contributed by atoms with Crippen molar-refractivity contribution in [3.05, 3.63) is 58.6 Å². The highest BCUT2D eigenvalue weighted by atomic mass is 35.5. The molecule has 1 fully saturated rings. The summed E-state index contributed by atoms with van der Waals surface area (Å²) in [4.78, 5) is 13.1. The minimum Gasteiger partial charge on any atom is -0.345 e. The molecule has 0 unspecified atom stereocenters. The van der Waals surface area contributed by atoms with Gasteiger partial charge >= 0.3 is 0 Å². The van der Waals surface area contributed by atoms with Gasteiger partial charge in [-0.25, -0.2) is 16.8 Å². The lowest BCUT2D eigenvalue weighted by Crippen LogP contribution is -2.32. The van der Waals surface area contributed by atoms with E-state index in [4.69, 9.17) is 11.6 Å². The Labute approximate surface area is 194 Å². The van der Waals surface area contributed by atoms with E-state index in [1.807, 2.05) is 0 Å². The molecule has 174 valence electrons. The number of benzene rings is 2. The van der Waals surface area contributed by atoms with Crippen molar-refractivity contribution in [1.29, 1.82) is 0 Å². The van der Waals surface area contributed by atoms with Crippen molar-refractivity contribution < 1.29 is 21.6 Å². The Morgan fingerprint density at radius 2 is 1.50 bits per heavy atom. The summed E-state index contributed by atoms with van der Waals surface area (Å²) in [6.07, 6.45) is 4.76. The number of halogens is 1. The largest absolute Gasteiger partial charge is 0.345 e. The van der Waals surface area contributed by atoms with E-state index >= 15 is 0 Å². The van der Waals surface area contributed by atoms with E-state index in [1.54, 1.807) is 19.1 Å². The Hall–Kier alpha value is -1.94. The fraction of sp³-hybridized carbons (Fsp3) is 0.409. The van der Waals surface area contributed by atoms with Crippen LogP contribution in [-0.2, 0) is 19.9 Å². The van der Waals surface area contributed by atoms with Crippen LogP contribution in [0.15, 0.2) is 52.3 Å². The molecule has 0 aliphatic carbocycles. The molecular formula is C22H27ClN2O5S2. The summed E-state index contributed by atoms with van der Waals surface area (Å²) in [7, 11) is -7.03. The van der Waals surface area contributed by atoms with Crippen LogP contribution in [0, 0.1) is 0 Å². The molecule has 2 aromatic rings. The zero-order valence-electron chi connectivity index (χ0n) is 18.0. The van der Waals surface area contributed by atoms with Gasteiger partial charge in [0.25, 0.3) is 5.91 Å². The van der Waals surface area contributed by atoms with Crippen LogP contribution in [0.4, 0.5) is 0 Å². The number of nitrogens with zero attached hydrogens (tertiary/aromatic N) is 1. The average molecular weight is 499 g/mol. The number of hydrogen-bond donors (Lipinski definition) is 1. The predicted molar refractivity (Wildman–Crippen MR) is 124 cm³/mol. The van der Waals surface area contributed by atoms with Crippen LogP contribution in [0.5, 0.6) is 0 Å². The molecule has 1 aliphatic heterocycles. The van der Waals surface area contributed by atoms with Gasteiger partial charge in [0, 0.05) is 19.3 Å². The summed E-state index contributed by atoms with van der Waals surface area (Å²) in [6.45, 7) is 2.68. The zero-order valence-corrected chi connectivity index (χ0v) is 20.4. The van der Waals surface area contributed by atoms with Crippen LogP contribution in [-0.4, -0.2) is 46.4 Å². The molecule has 3 rings (SSSR count). The fourth-order valence-corrected chi connectivity index (χ4v) is 6.01. The van der Waals surface area contributed by atoms with E-state index < -0.39 is 31.8 Å². The number of carbonyl (C=O) groups is 1. The minimum atomic E-state index is -3.72. The highest BCUT2D eigenvalue weighted by molar-refractivity contribution is 7.90. The monoisotopic (exact) mass is 498 g/mol. The Kier molecular flexibility index (Phi) is 7.65. The van der Waals surface area contributed by atoms with E-state index in [2.05, 4.69) is 5.32 Å². The lowest BCUT2D eigenvalue weighted by atomic mass is 10.1. The molecular weight excluding hydrogens is 472 g/mol. The molecule has 32 heavy (non-hydrogen) atoms. The summed E-state index contributed by atoms with van der Waals surface area (Å²) in [6, 6.07) is 9.94. The zero-order chi connectivity index (χ0) is 23.5. The van der Waals surface area contributed by atoms with Gasteiger partial charge in [-0.15, -0.1) is 0 Å². The number of sulfone groups is 1. The van der Waals surface area contributed by atoms with E-state index in [0.29, 0.717) is 18.7 Å². The maximum absolute atomic E-state index is 13.1. The summed E-state index contributed by atoms with van der Waals surface area (Å²) in [5.41, 5.74) is 0.775. The highest BCUT2D eigenvalue weighted by Gasteiger charge is 2.27. The lowest BCUT2D eigenvalue weighted by Gasteiger charge is -2.21. The first-order valence-corrected chi connectivity index (χ1v) is 14.1. The van der Waals surface area contributed by atoms with Crippen LogP contribution < -0.4 is 5.32 Å². The highest BCUT2D eigenvalue weighted by Crippen LogP contribution is 2.26. The first kappa shape index (κ1) is 24.7. The summed E-state index contributed by atoms with van der Waals surface area (Å²) >= 11 is 6.22. The van der Waals surface area contributed by atoms with Gasteiger partial charge < -0.3 is 5.32 Å². The molecule has 1 aliphatic rings. The summed E-state index contributed by atoms with van der Waals surface area (Å²) < 4.78 is 50.9. The Morgan fingerprint density at radius 1 is 0.938 bits per heavy atom. The molecule has 0 bridgehead atoms. The third-order valence-corrected chi connectivity index (χ3v) is 8.89. The van der Waals surface area contributed by atoms with E-state index in [0.717, 1.165) is 31.9 Å². The second kappa shape index (κ2) is 9.91. The first-order valence-electron chi connectivity index (χ1n) is 10.4. The number of rotatable bonds is 6. The third-order valence-electron chi connectivity index (χ3n) is 5.54. The van der Waals surface area contributed by atoms with Crippen molar-refractivity contribution in [3.63, 3.8) is 0 Å².